The van der Waals surface area contributed by atoms with Crippen LogP contribution in [0.15, 0.2) is 30.3 Å². The molecule has 120 valence electrons. The lowest BCUT2D eigenvalue weighted by atomic mass is 9.68. The number of ether oxygens (including phenoxy) is 1. The minimum Gasteiger partial charge on any atom is -0.497 e. The highest BCUT2D eigenvalue weighted by molar-refractivity contribution is 5.95. The number of rotatable bonds is 5. The summed E-state index contributed by atoms with van der Waals surface area (Å²) < 4.78 is 5.15. The summed E-state index contributed by atoms with van der Waals surface area (Å²) in [6.07, 6.45) is 7.19. The molecule has 0 aliphatic heterocycles. The summed E-state index contributed by atoms with van der Waals surface area (Å²) in [5, 5.41) is 0. The number of hydrogen-bond acceptors (Lipinski definition) is 2. The zero-order chi connectivity index (χ0) is 16.1. The Morgan fingerprint density at radius 1 is 1.23 bits per heavy atom. The summed E-state index contributed by atoms with van der Waals surface area (Å²) in [5.41, 5.74) is 1.04. The Balaban J connectivity index is 2.06. The van der Waals surface area contributed by atoms with Crippen molar-refractivity contribution >= 4 is 11.9 Å². The zero-order valence-corrected chi connectivity index (χ0v) is 14.2. The number of hydrogen-bond donors (Lipinski definition) is 0. The molecule has 2 nitrogen and oxygen atoms in total. The Morgan fingerprint density at radius 2 is 1.91 bits per heavy atom. The van der Waals surface area contributed by atoms with Gasteiger partial charge in [0.25, 0.3) is 0 Å². The number of benzene rings is 1. The van der Waals surface area contributed by atoms with Crippen LogP contribution in [0.4, 0.5) is 0 Å². The van der Waals surface area contributed by atoms with Gasteiger partial charge in [0.15, 0.2) is 5.78 Å². The van der Waals surface area contributed by atoms with Crippen LogP contribution in [0.25, 0.3) is 6.08 Å². The fourth-order valence-corrected chi connectivity index (χ4v) is 3.55. The van der Waals surface area contributed by atoms with E-state index in [2.05, 4.69) is 20.8 Å². The van der Waals surface area contributed by atoms with Crippen molar-refractivity contribution in [3.63, 3.8) is 0 Å². The smallest absolute Gasteiger partial charge is 0.159 e. The Hall–Kier alpha value is -1.57. The molecule has 0 spiro atoms. The average Bonchev–Trinajstić information content (AvgIpc) is 2.52. The van der Waals surface area contributed by atoms with Crippen molar-refractivity contribution in [2.45, 2.75) is 40.0 Å². The topological polar surface area (TPSA) is 26.3 Å². The molecule has 0 radical (unpaired) electrons. The molecule has 0 heterocycles. The number of carbonyl (C=O) groups excluding carboxylic acids is 1. The van der Waals surface area contributed by atoms with Crippen molar-refractivity contribution in [1.29, 1.82) is 0 Å². The van der Waals surface area contributed by atoms with E-state index in [9.17, 15) is 4.79 Å². The SMILES string of the molecule is COc1ccc(C=CC(=O)C2C[C@H](C)CC[C@H]2C(C)C)cc1. The van der Waals surface area contributed by atoms with E-state index in [1.165, 1.54) is 12.8 Å². The molecule has 0 N–H and O–H groups in total. The van der Waals surface area contributed by atoms with E-state index in [-0.39, 0.29) is 5.92 Å². The van der Waals surface area contributed by atoms with Gasteiger partial charge in [-0.05, 0) is 54.4 Å². The summed E-state index contributed by atoms with van der Waals surface area (Å²) in [4.78, 5) is 12.6. The number of methoxy groups -OCH3 is 1. The molecule has 1 fully saturated rings. The third-order valence-corrected chi connectivity index (χ3v) is 4.94. The quantitative estimate of drug-likeness (QED) is 0.716. The van der Waals surface area contributed by atoms with Crippen LogP contribution in [-0.4, -0.2) is 12.9 Å². The van der Waals surface area contributed by atoms with Gasteiger partial charge in [0.2, 0.25) is 0 Å². The molecular formula is C20H28O2. The maximum atomic E-state index is 12.6. The molecule has 1 unspecified atom stereocenters. The van der Waals surface area contributed by atoms with Gasteiger partial charge in [0, 0.05) is 5.92 Å². The lowest BCUT2D eigenvalue weighted by molar-refractivity contribution is -0.122. The van der Waals surface area contributed by atoms with E-state index in [0.717, 1.165) is 17.7 Å². The first-order chi connectivity index (χ1) is 10.5. The second-order valence-electron chi connectivity index (χ2n) is 6.94. The molecule has 0 bridgehead atoms. The van der Waals surface area contributed by atoms with Crippen LogP contribution >= 0.6 is 0 Å². The zero-order valence-electron chi connectivity index (χ0n) is 14.2. The molecular weight excluding hydrogens is 272 g/mol. The highest BCUT2D eigenvalue weighted by Gasteiger charge is 2.34. The van der Waals surface area contributed by atoms with Crippen molar-refractivity contribution in [2.24, 2.45) is 23.7 Å². The summed E-state index contributed by atoms with van der Waals surface area (Å²) >= 11 is 0. The predicted molar refractivity (Wildman–Crippen MR) is 91.9 cm³/mol. The molecule has 2 heteroatoms. The molecule has 1 aromatic rings. The molecule has 3 atom stereocenters. The largest absolute Gasteiger partial charge is 0.497 e. The lowest BCUT2D eigenvalue weighted by Gasteiger charge is -2.35. The van der Waals surface area contributed by atoms with Crippen LogP contribution in [0, 0.1) is 23.7 Å². The highest BCUT2D eigenvalue weighted by atomic mass is 16.5. The molecule has 0 aromatic heterocycles. The van der Waals surface area contributed by atoms with Crippen LogP contribution in [0.5, 0.6) is 5.75 Å². The van der Waals surface area contributed by atoms with Crippen LogP contribution in [-0.2, 0) is 4.79 Å². The molecule has 1 aliphatic carbocycles. The maximum Gasteiger partial charge on any atom is 0.159 e. The molecule has 22 heavy (non-hydrogen) atoms. The summed E-state index contributed by atoms with van der Waals surface area (Å²) in [6, 6.07) is 7.80. The first kappa shape index (κ1) is 16.8. The number of allylic oxidation sites excluding steroid dienone is 1. The van der Waals surface area contributed by atoms with E-state index in [0.29, 0.717) is 23.5 Å². The van der Waals surface area contributed by atoms with Crippen molar-refractivity contribution in [3.8, 4) is 5.75 Å². The Kier molecular flexibility index (Phi) is 5.82. The van der Waals surface area contributed by atoms with Crippen LogP contribution in [0.3, 0.4) is 0 Å². The molecule has 1 aliphatic rings. The second-order valence-corrected chi connectivity index (χ2v) is 6.94. The van der Waals surface area contributed by atoms with E-state index < -0.39 is 0 Å². The van der Waals surface area contributed by atoms with E-state index in [1.807, 2.05) is 30.3 Å². The monoisotopic (exact) mass is 300 g/mol. The van der Waals surface area contributed by atoms with Crippen molar-refractivity contribution in [2.75, 3.05) is 7.11 Å². The lowest BCUT2D eigenvalue weighted by Crippen LogP contribution is -2.32. The van der Waals surface area contributed by atoms with Crippen molar-refractivity contribution in [3.05, 3.63) is 35.9 Å². The minimum absolute atomic E-state index is 0.193. The highest BCUT2D eigenvalue weighted by Crippen LogP contribution is 2.38. The van der Waals surface area contributed by atoms with Gasteiger partial charge < -0.3 is 4.74 Å². The first-order valence-electron chi connectivity index (χ1n) is 8.37. The fourth-order valence-electron chi connectivity index (χ4n) is 3.55. The van der Waals surface area contributed by atoms with Crippen molar-refractivity contribution in [1.82, 2.24) is 0 Å². The third-order valence-electron chi connectivity index (χ3n) is 4.94. The van der Waals surface area contributed by atoms with Crippen LogP contribution in [0.1, 0.15) is 45.6 Å². The second kappa shape index (κ2) is 7.62. The maximum absolute atomic E-state index is 12.6. The van der Waals surface area contributed by atoms with Crippen molar-refractivity contribution < 1.29 is 9.53 Å². The normalized spacial score (nSPS) is 25.6. The van der Waals surface area contributed by atoms with Gasteiger partial charge in [-0.25, -0.2) is 0 Å². The van der Waals surface area contributed by atoms with E-state index in [4.69, 9.17) is 4.74 Å². The van der Waals surface area contributed by atoms with Gasteiger partial charge in [-0.2, -0.15) is 0 Å². The summed E-state index contributed by atoms with van der Waals surface area (Å²) in [6.45, 7) is 6.76. The minimum atomic E-state index is 0.193. The van der Waals surface area contributed by atoms with E-state index in [1.54, 1.807) is 13.2 Å². The average molecular weight is 300 g/mol. The molecule has 0 amide bonds. The Bertz CT molecular complexity index is 513. The van der Waals surface area contributed by atoms with Crippen LogP contribution in [0.2, 0.25) is 0 Å². The predicted octanol–water partition coefficient (Wildman–Crippen LogP) is 4.99. The molecule has 1 aromatic carbocycles. The van der Waals surface area contributed by atoms with Gasteiger partial charge in [-0.15, -0.1) is 0 Å². The Labute approximate surface area is 134 Å². The standard InChI is InChI=1S/C20H28O2/c1-14(2)18-11-5-15(3)13-19(18)20(21)12-8-16-6-9-17(22-4)10-7-16/h6-10,12,14-15,18-19H,5,11,13H2,1-4H3/t15-,18+,19?/m1/s1. The Morgan fingerprint density at radius 3 is 2.50 bits per heavy atom. The van der Waals surface area contributed by atoms with Gasteiger partial charge in [0.1, 0.15) is 5.75 Å². The van der Waals surface area contributed by atoms with Gasteiger partial charge in [0.05, 0.1) is 7.11 Å². The molecule has 2 rings (SSSR count). The summed E-state index contributed by atoms with van der Waals surface area (Å²) in [5.74, 6) is 3.10. The van der Waals surface area contributed by atoms with E-state index >= 15 is 0 Å². The molecule has 0 saturated heterocycles. The first-order valence-corrected chi connectivity index (χ1v) is 8.37. The van der Waals surface area contributed by atoms with Gasteiger partial charge in [-0.3, -0.25) is 4.79 Å². The van der Waals surface area contributed by atoms with Crippen LogP contribution < -0.4 is 4.74 Å². The van der Waals surface area contributed by atoms with Gasteiger partial charge >= 0.3 is 0 Å². The number of ketones is 1. The fraction of sp³-hybridized carbons (Fsp3) is 0.550. The summed E-state index contributed by atoms with van der Waals surface area (Å²) in [7, 11) is 1.66. The van der Waals surface area contributed by atoms with Gasteiger partial charge in [-0.1, -0.05) is 45.4 Å². The molecule has 1 saturated carbocycles. The number of carbonyl (C=O) groups is 1. The third kappa shape index (κ3) is 4.22.